The van der Waals surface area contributed by atoms with Gasteiger partial charge in [-0.25, -0.2) is 0 Å². The van der Waals surface area contributed by atoms with E-state index in [9.17, 15) is 25.5 Å². The number of aliphatic hydroxyl groups is 5. The lowest BCUT2D eigenvalue weighted by atomic mass is 10.2. The van der Waals surface area contributed by atoms with Crippen LogP contribution in [0.15, 0.2) is 0 Å². The third kappa shape index (κ3) is 32.9. The van der Waals surface area contributed by atoms with E-state index in [1.807, 2.05) is 9.80 Å². The second-order valence-electron chi connectivity index (χ2n) is 14.2. The molecule has 0 spiro atoms. The fourth-order valence-electron chi connectivity index (χ4n) is 5.46. The first-order valence-corrected chi connectivity index (χ1v) is 20.6. The molecule has 0 aromatic carbocycles. The molecular formula is C39H83N3O10. The lowest BCUT2D eigenvalue weighted by Gasteiger charge is -2.33. The van der Waals surface area contributed by atoms with Crippen molar-refractivity contribution in [2.75, 3.05) is 125 Å². The van der Waals surface area contributed by atoms with Gasteiger partial charge >= 0.3 is 0 Å². The quantitative estimate of drug-likeness (QED) is 0.0582. The van der Waals surface area contributed by atoms with Gasteiger partial charge in [0.15, 0.2) is 0 Å². The van der Waals surface area contributed by atoms with Gasteiger partial charge in [0.05, 0.1) is 63.6 Å². The minimum Gasteiger partial charge on any atom is -0.389 e. The number of aliphatic hydroxyl groups excluding tert-OH is 5. The summed E-state index contributed by atoms with van der Waals surface area (Å²) in [7, 11) is 0. The largest absolute Gasteiger partial charge is 0.389 e. The van der Waals surface area contributed by atoms with Crippen molar-refractivity contribution in [3.05, 3.63) is 0 Å². The maximum absolute atomic E-state index is 11.0. The van der Waals surface area contributed by atoms with E-state index in [1.54, 1.807) is 0 Å². The van der Waals surface area contributed by atoms with Crippen LogP contribution in [0.1, 0.15) is 98.8 Å². The van der Waals surface area contributed by atoms with Crippen LogP contribution < -0.4 is 0 Å². The minimum atomic E-state index is -0.714. The van der Waals surface area contributed by atoms with E-state index in [0.717, 1.165) is 64.2 Å². The maximum Gasteiger partial charge on any atom is 0.0900 e. The van der Waals surface area contributed by atoms with Crippen LogP contribution in [-0.4, -0.2) is 196 Å². The Kier molecular flexibility index (Phi) is 37.0. The summed E-state index contributed by atoms with van der Waals surface area (Å²) in [4.78, 5) is 6.22. The van der Waals surface area contributed by atoms with Crippen molar-refractivity contribution in [3.63, 3.8) is 0 Å². The molecule has 0 rings (SSSR count). The van der Waals surface area contributed by atoms with Crippen molar-refractivity contribution >= 4 is 0 Å². The van der Waals surface area contributed by atoms with Crippen LogP contribution in [0.2, 0.25) is 0 Å². The van der Waals surface area contributed by atoms with Gasteiger partial charge in [0.1, 0.15) is 0 Å². The molecule has 0 aliphatic rings. The monoisotopic (exact) mass is 754 g/mol. The SMILES string of the molecule is CCCCOCC(O)CN(CCN(CC(O)COCCCC)CC(O)COCCCC)CCN(CC(O)COCCCC)CC(O)COCCCC. The number of rotatable bonds is 41. The Balaban J connectivity index is 5.74. The molecule has 0 aliphatic carbocycles. The lowest BCUT2D eigenvalue weighted by Crippen LogP contribution is -2.48. The van der Waals surface area contributed by atoms with Gasteiger partial charge in [0.25, 0.3) is 0 Å². The van der Waals surface area contributed by atoms with Gasteiger partial charge in [0, 0.05) is 91.9 Å². The molecule has 0 aromatic rings. The second kappa shape index (κ2) is 37.4. The molecule has 0 heterocycles. The summed E-state index contributed by atoms with van der Waals surface area (Å²) in [6, 6.07) is 0. The van der Waals surface area contributed by atoms with Crippen LogP contribution in [0.3, 0.4) is 0 Å². The van der Waals surface area contributed by atoms with E-state index < -0.39 is 30.5 Å². The van der Waals surface area contributed by atoms with Gasteiger partial charge in [0.2, 0.25) is 0 Å². The number of hydrogen-bond donors (Lipinski definition) is 5. The average Bonchev–Trinajstić information content (AvgIpc) is 3.11. The zero-order valence-corrected chi connectivity index (χ0v) is 34.0. The number of unbranched alkanes of at least 4 members (excludes halogenated alkanes) is 5. The van der Waals surface area contributed by atoms with Gasteiger partial charge in [-0.15, -0.1) is 0 Å². The van der Waals surface area contributed by atoms with Crippen LogP contribution in [0, 0.1) is 0 Å². The number of ether oxygens (including phenoxy) is 5. The highest BCUT2D eigenvalue weighted by molar-refractivity contribution is 4.76. The van der Waals surface area contributed by atoms with Crippen molar-refractivity contribution in [1.82, 2.24) is 14.7 Å². The van der Waals surface area contributed by atoms with Gasteiger partial charge in [-0.1, -0.05) is 66.7 Å². The van der Waals surface area contributed by atoms with Crippen LogP contribution in [0.5, 0.6) is 0 Å². The zero-order valence-electron chi connectivity index (χ0n) is 34.0. The molecule has 5 N–H and O–H groups in total. The number of nitrogens with zero attached hydrogens (tertiary/aromatic N) is 3. The molecule has 52 heavy (non-hydrogen) atoms. The lowest BCUT2D eigenvalue weighted by molar-refractivity contribution is -0.0208. The van der Waals surface area contributed by atoms with Crippen LogP contribution in [-0.2, 0) is 23.7 Å². The molecule has 13 heteroatoms. The molecule has 0 fully saturated rings. The van der Waals surface area contributed by atoms with Crippen LogP contribution in [0.25, 0.3) is 0 Å². The molecule has 0 aromatic heterocycles. The minimum absolute atomic E-state index is 0.223. The van der Waals surface area contributed by atoms with Crippen molar-refractivity contribution < 1.29 is 49.2 Å². The van der Waals surface area contributed by atoms with E-state index in [2.05, 4.69) is 39.5 Å². The summed E-state index contributed by atoms with van der Waals surface area (Å²) in [5, 5.41) is 54.3. The molecule has 0 aliphatic heterocycles. The Hall–Kier alpha value is -0.520. The first-order valence-electron chi connectivity index (χ1n) is 20.6. The molecule has 0 saturated carbocycles. The summed E-state index contributed by atoms with van der Waals surface area (Å²) in [5.74, 6) is 0. The normalized spacial score (nSPS) is 15.2. The summed E-state index contributed by atoms with van der Waals surface area (Å²) in [5.41, 5.74) is 0. The van der Waals surface area contributed by atoms with E-state index in [-0.39, 0.29) is 33.0 Å². The maximum atomic E-state index is 11.0. The Morgan fingerprint density at radius 1 is 0.327 bits per heavy atom. The highest BCUT2D eigenvalue weighted by atomic mass is 16.5. The van der Waals surface area contributed by atoms with Gasteiger partial charge < -0.3 is 49.2 Å². The van der Waals surface area contributed by atoms with E-state index >= 15 is 0 Å². The molecule has 0 amide bonds. The van der Waals surface area contributed by atoms with Crippen molar-refractivity contribution in [1.29, 1.82) is 0 Å². The average molecular weight is 754 g/mol. The molecule has 0 radical (unpaired) electrons. The molecule has 5 unspecified atom stereocenters. The van der Waals surface area contributed by atoms with Crippen molar-refractivity contribution in [2.24, 2.45) is 0 Å². The topological polar surface area (TPSA) is 157 Å². The molecule has 5 atom stereocenters. The van der Waals surface area contributed by atoms with Crippen molar-refractivity contribution in [2.45, 2.75) is 129 Å². The van der Waals surface area contributed by atoms with Gasteiger partial charge in [-0.2, -0.15) is 0 Å². The Morgan fingerprint density at radius 3 is 0.731 bits per heavy atom. The molecular weight excluding hydrogens is 670 g/mol. The van der Waals surface area contributed by atoms with Gasteiger partial charge in [-0.3, -0.25) is 14.7 Å². The smallest absolute Gasteiger partial charge is 0.0900 e. The van der Waals surface area contributed by atoms with E-state index in [4.69, 9.17) is 23.7 Å². The summed E-state index contributed by atoms with van der Waals surface area (Å²) in [6.45, 7) is 18.5. The number of hydrogen-bond acceptors (Lipinski definition) is 13. The standard InChI is InChI=1S/C39H83N3O10/c1-6-11-20-48-30-35(43)25-40(16-18-41(26-36(44)31-49-21-12-7-2)27-37(45)32-50-22-13-8-3)17-19-42(28-38(46)33-51-23-14-9-4)29-39(47)34-52-24-15-10-5/h35-39,43-47H,6-34H2,1-5H3. The summed E-state index contributed by atoms with van der Waals surface area (Å²) < 4.78 is 28.5. The third-order valence-electron chi connectivity index (χ3n) is 8.57. The Bertz CT molecular complexity index is 644. The Morgan fingerprint density at radius 2 is 0.519 bits per heavy atom. The molecule has 314 valence electrons. The van der Waals surface area contributed by atoms with E-state index in [1.165, 1.54) is 0 Å². The zero-order chi connectivity index (χ0) is 38.7. The highest BCUT2D eigenvalue weighted by Crippen LogP contribution is 2.06. The van der Waals surface area contributed by atoms with Crippen molar-refractivity contribution in [3.8, 4) is 0 Å². The summed E-state index contributed by atoms with van der Waals surface area (Å²) in [6.07, 6.45) is 6.22. The van der Waals surface area contributed by atoms with Crippen LogP contribution >= 0.6 is 0 Å². The summed E-state index contributed by atoms with van der Waals surface area (Å²) >= 11 is 0. The predicted molar refractivity (Wildman–Crippen MR) is 208 cm³/mol. The van der Waals surface area contributed by atoms with Crippen LogP contribution in [0.4, 0.5) is 0 Å². The first kappa shape index (κ1) is 51.5. The second-order valence-corrected chi connectivity index (χ2v) is 14.2. The molecule has 0 saturated heterocycles. The first-order chi connectivity index (χ1) is 25.2. The fourth-order valence-corrected chi connectivity index (χ4v) is 5.46. The van der Waals surface area contributed by atoms with Gasteiger partial charge in [-0.05, 0) is 32.1 Å². The molecule has 0 bridgehead atoms. The highest BCUT2D eigenvalue weighted by Gasteiger charge is 2.22. The Labute approximate surface area is 317 Å². The third-order valence-corrected chi connectivity index (χ3v) is 8.57. The van der Waals surface area contributed by atoms with E-state index in [0.29, 0.717) is 91.9 Å². The predicted octanol–water partition coefficient (Wildman–Crippen LogP) is 2.78. The molecule has 13 nitrogen and oxygen atoms in total. The fraction of sp³-hybridized carbons (Fsp3) is 1.00.